The molecule has 0 radical (unpaired) electrons. The molecule has 4 heterocycles. The van der Waals surface area contributed by atoms with E-state index in [0.717, 1.165) is 5.56 Å². The minimum Gasteiger partial charge on any atom is -0.489 e. The molecule has 14 heteroatoms. The molecule has 1 aliphatic heterocycles. The molecule has 0 unspecified atom stereocenters. The molecule has 0 spiro atoms. The van der Waals surface area contributed by atoms with E-state index in [-0.39, 0.29) is 25.0 Å². The van der Waals surface area contributed by atoms with E-state index in [9.17, 15) is 8.42 Å². The first-order valence-corrected chi connectivity index (χ1v) is 13.4. The van der Waals surface area contributed by atoms with Gasteiger partial charge in [0.1, 0.15) is 23.7 Å². The summed E-state index contributed by atoms with van der Waals surface area (Å²) >= 11 is 0. The van der Waals surface area contributed by atoms with Crippen molar-refractivity contribution < 1.29 is 27.4 Å². The molecule has 0 fully saturated rings. The Hall–Kier alpha value is -3.36. The van der Waals surface area contributed by atoms with Crippen LogP contribution in [0.5, 0.6) is 11.6 Å². The predicted molar refractivity (Wildman–Crippen MR) is 134 cm³/mol. The van der Waals surface area contributed by atoms with Crippen LogP contribution in [-0.4, -0.2) is 77.4 Å². The summed E-state index contributed by atoms with van der Waals surface area (Å²) in [5.74, 6) is 1.43. The molecule has 13 nitrogen and oxygen atoms in total. The molecule has 0 saturated carbocycles. The molecule has 37 heavy (non-hydrogen) atoms. The third-order valence-corrected chi connectivity index (χ3v) is 7.50. The van der Waals surface area contributed by atoms with Crippen molar-refractivity contribution in [1.82, 2.24) is 29.7 Å². The zero-order valence-corrected chi connectivity index (χ0v) is 22.2. The van der Waals surface area contributed by atoms with Gasteiger partial charge < -0.3 is 18.9 Å². The molecular formula is C23H31N7O6S. The first-order chi connectivity index (χ1) is 17.8. The molecule has 200 valence electrons. The smallest absolute Gasteiger partial charge is 0.240 e. The summed E-state index contributed by atoms with van der Waals surface area (Å²) in [7, 11) is -1.00. The average Bonchev–Trinajstić information content (AvgIpc) is 3.22. The predicted octanol–water partition coefficient (Wildman–Crippen LogP) is 2.33. The molecule has 3 atom stereocenters. The van der Waals surface area contributed by atoms with Gasteiger partial charge in [-0.25, -0.2) is 23.4 Å². The molecule has 0 aliphatic carbocycles. The minimum atomic E-state index is -4.05. The number of ether oxygens (including phenoxy) is 4. The van der Waals surface area contributed by atoms with Crippen LogP contribution in [0.2, 0.25) is 0 Å². The highest BCUT2D eigenvalue weighted by molar-refractivity contribution is 7.93. The molecule has 3 aromatic rings. The van der Waals surface area contributed by atoms with Crippen LogP contribution >= 0.6 is 0 Å². The Balaban J connectivity index is 1.71. The van der Waals surface area contributed by atoms with Gasteiger partial charge in [-0.2, -0.15) is 0 Å². The highest BCUT2D eigenvalue weighted by Crippen LogP contribution is 2.36. The first kappa shape index (κ1) is 26.7. The van der Waals surface area contributed by atoms with Gasteiger partial charge in [0.15, 0.2) is 17.3 Å². The number of anilines is 1. The molecule has 1 N–H and O–H groups in total. The van der Waals surface area contributed by atoms with E-state index in [1.54, 1.807) is 43.1 Å². The average molecular weight is 534 g/mol. The van der Waals surface area contributed by atoms with Gasteiger partial charge in [0, 0.05) is 32.2 Å². The number of hydrogen-bond acceptors (Lipinski definition) is 11. The van der Waals surface area contributed by atoms with Crippen molar-refractivity contribution >= 4 is 16.0 Å². The highest BCUT2D eigenvalue weighted by atomic mass is 32.2. The van der Waals surface area contributed by atoms with Crippen LogP contribution < -0.4 is 14.2 Å². The molecule has 1 aliphatic rings. The van der Waals surface area contributed by atoms with Gasteiger partial charge in [-0.05, 0) is 31.9 Å². The van der Waals surface area contributed by atoms with E-state index in [1.165, 1.54) is 7.11 Å². The number of nitrogens with zero attached hydrogens (tertiary/aromatic N) is 6. The van der Waals surface area contributed by atoms with E-state index in [0.29, 0.717) is 36.2 Å². The molecular weight excluding hydrogens is 502 g/mol. The summed E-state index contributed by atoms with van der Waals surface area (Å²) in [6.07, 6.45) is 3.07. The monoisotopic (exact) mass is 533 g/mol. The number of methoxy groups -OCH3 is 2. The fourth-order valence-electron chi connectivity index (χ4n) is 3.86. The third kappa shape index (κ3) is 5.65. The second kappa shape index (κ2) is 11.4. The Kier molecular flexibility index (Phi) is 8.19. The summed E-state index contributed by atoms with van der Waals surface area (Å²) in [6, 6.07) is 2.96. The first-order valence-electron chi connectivity index (χ1n) is 11.8. The maximum atomic E-state index is 13.6. The van der Waals surface area contributed by atoms with Gasteiger partial charge in [0.05, 0.1) is 19.8 Å². The summed E-state index contributed by atoms with van der Waals surface area (Å²) in [5, 5.41) is 7.35. The van der Waals surface area contributed by atoms with Crippen molar-refractivity contribution in [3.8, 4) is 23.1 Å². The van der Waals surface area contributed by atoms with E-state index in [2.05, 4.69) is 29.9 Å². The molecule has 0 saturated heterocycles. The molecule has 0 aromatic carbocycles. The Morgan fingerprint density at radius 1 is 1.22 bits per heavy atom. The van der Waals surface area contributed by atoms with Crippen LogP contribution in [0.3, 0.4) is 0 Å². The van der Waals surface area contributed by atoms with Gasteiger partial charge in [-0.3, -0.25) is 9.29 Å². The van der Waals surface area contributed by atoms with Crippen LogP contribution in [0, 0.1) is 6.92 Å². The second-order valence-electron chi connectivity index (χ2n) is 8.60. The van der Waals surface area contributed by atoms with E-state index < -0.39 is 27.4 Å². The highest BCUT2D eigenvalue weighted by Gasteiger charge is 2.36. The number of aryl methyl sites for hydroxylation is 1. The maximum Gasteiger partial charge on any atom is 0.240 e. The third-order valence-electron chi connectivity index (χ3n) is 5.81. The quantitative estimate of drug-likeness (QED) is 0.386. The summed E-state index contributed by atoms with van der Waals surface area (Å²) in [6.45, 7) is 6.09. The maximum absolute atomic E-state index is 13.6. The molecule has 0 bridgehead atoms. The van der Waals surface area contributed by atoms with Crippen molar-refractivity contribution in [2.24, 2.45) is 0 Å². The second-order valence-corrected chi connectivity index (χ2v) is 10.6. The molecule has 0 amide bonds. The van der Waals surface area contributed by atoms with E-state index in [1.807, 2.05) is 13.8 Å². The fraction of sp³-hybridized carbons (Fsp3) is 0.522. The number of pyridine rings is 1. The number of nitrogens with one attached hydrogen (secondary N) is 1. The fourth-order valence-corrected chi connectivity index (χ4v) is 4.97. The Morgan fingerprint density at radius 3 is 2.65 bits per heavy atom. The summed E-state index contributed by atoms with van der Waals surface area (Å²) < 4.78 is 53.9. The van der Waals surface area contributed by atoms with E-state index in [4.69, 9.17) is 18.9 Å². The lowest BCUT2D eigenvalue weighted by Gasteiger charge is -2.24. The lowest BCUT2D eigenvalue weighted by molar-refractivity contribution is 0.0466. The normalized spacial score (nSPS) is 16.6. The van der Waals surface area contributed by atoms with Gasteiger partial charge in [-0.15, -0.1) is 10.2 Å². The number of hydrogen-bond donors (Lipinski definition) is 1. The van der Waals surface area contributed by atoms with Gasteiger partial charge in [0.2, 0.25) is 21.9 Å². The van der Waals surface area contributed by atoms with Crippen molar-refractivity contribution in [1.29, 1.82) is 0 Å². The Labute approximate surface area is 215 Å². The molecule has 4 rings (SSSR count). The summed E-state index contributed by atoms with van der Waals surface area (Å²) in [4.78, 5) is 13.1. The van der Waals surface area contributed by atoms with Crippen molar-refractivity contribution in [3.63, 3.8) is 0 Å². The summed E-state index contributed by atoms with van der Waals surface area (Å²) in [5.41, 5.74) is 1.23. The SMILES string of the molecule is CCCO[C@@H](c1ncc(C)cn1)[C@H](C)S(=O)(=O)Nc1nnc2n1[C@@H](COC)COc1ccc(OC)nc1-2. The lowest BCUT2D eigenvalue weighted by atomic mass is 10.2. The lowest BCUT2D eigenvalue weighted by Crippen LogP contribution is -2.35. The number of rotatable bonds is 11. The zero-order chi connectivity index (χ0) is 26.6. The minimum absolute atomic E-state index is 0.00374. The number of sulfonamides is 1. The number of fused-ring (bicyclic) bond motifs is 3. The van der Waals surface area contributed by atoms with Crippen LogP contribution in [-0.2, 0) is 19.5 Å². The van der Waals surface area contributed by atoms with Crippen molar-refractivity contribution in [2.75, 3.05) is 38.8 Å². The van der Waals surface area contributed by atoms with Gasteiger partial charge in [-0.1, -0.05) is 6.92 Å². The van der Waals surface area contributed by atoms with Crippen LogP contribution in [0.4, 0.5) is 5.95 Å². The Bertz CT molecular complexity index is 1320. The topological polar surface area (TPSA) is 152 Å². The largest absolute Gasteiger partial charge is 0.489 e. The standard InChI is InChI=1S/C23H31N7O6S/c1-6-9-35-20(21-24-10-14(2)11-25-21)15(3)37(31,32)29-23-28-27-22-19-17(7-8-18(26-19)34-5)36-13-16(12-33-4)30(22)23/h7-8,10-11,15-16,20H,6,9,12-13H2,1-5H3,(H,28,29)/t15-,16-,20+/m0/s1. The van der Waals surface area contributed by atoms with Crippen molar-refractivity contribution in [3.05, 3.63) is 35.9 Å². The van der Waals surface area contributed by atoms with Crippen molar-refractivity contribution in [2.45, 2.75) is 44.6 Å². The number of aromatic nitrogens is 6. The van der Waals surface area contributed by atoms with Crippen LogP contribution in [0.1, 0.15) is 43.8 Å². The van der Waals surface area contributed by atoms with E-state index >= 15 is 0 Å². The molecule has 3 aromatic heterocycles. The Morgan fingerprint density at radius 2 is 1.97 bits per heavy atom. The van der Waals surface area contributed by atoms with Crippen LogP contribution in [0.15, 0.2) is 24.5 Å². The zero-order valence-electron chi connectivity index (χ0n) is 21.4. The van der Waals surface area contributed by atoms with Gasteiger partial charge in [0.25, 0.3) is 0 Å². The van der Waals surface area contributed by atoms with Crippen LogP contribution in [0.25, 0.3) is 11.5 Å². The van der Waals surface area contributed by atoms with Gasteiger partial charge >= 0.3 is 0 Å².